The predicted molar refractivity (Wildman–Crippen MR) is 66.2 cm³/mol. The number of Topliss-reactive ketones (excluding diaryl/α,β-unsaturated/α-hetero) is 1. The second-order valence-corrected chi connectivity index (χ2v) is 5.46. The zero-order chi connectivity index (χ0) is 10.8. The number of carbonyl (C=O) groups is 1. The smallest absolute Gasteiger partial charge is 0.168 e. The lowest BCUT2D eigenvalue weighted by atomic mass is 9.97. The Hall–Kier alpha value is -0.180. The molecule has 0 amide bonds. The van der Waals surface area contributed by atoms with Gasteiger partial charge in [0.05, 0.1) is 10.0 Å². The number of halogens is 2. The molecular weight excluding hydrogens is 251 g/mol. The van der Waals surface area contributed by atoms with E-state index in [2.05, 4.69) is 0 Å². The van der Waals surface area contributed by atoms with Gasteiger partial charge in [-0.05, 0) is 24.3 Å². The van der Waals surface area contributed by atoms with Gasteiger partial charge in [-0.15, -0.1) is 0 Å². The van der Waals surface area contributed by atoms with Gasteiger partial charge in [0.15, 0.2) is 5.78 Å². The van der Waals surface area contributed by atoms with Crippen LogP contribution in [0.5, 0.6) is 0 Å². The van der Waals surface area contributed by atoms with Gasteiger partial charge >= 0.3 is 0 Å². The van der Waals surface area contributed by atoms with Crippen LogP contribution in [0.2, 0.25) is 10.0 Å². The Balaban J connectivity index is 2.28. The van der Waals surface area contributed by atoms with E-state index in [9.17, 15) is 4.79 Å². The molecule has 2 rings (SSSR count). The molecule has 0 N–H and O–H groups in total. The minimum absolute atomic E-state index is 0.117. The summed E-state index contributed by atoms with van der Waals surface area (Å²) in [4.78, 5) is 12.1. The van der Waals surface area contributed by atoms with Crippen molar-refractivity contribution in [2.75, 3.05) is 11.5 Å². The summed E-state index contributed by atoms with van der Waals surface area (Å²) in [6.45, 7) is 0. The summed E-state index contributed by atoms with van der Waals surface area (Å²) in [5.41, 5.74) is 0.566. The van der Waals surface area contributed by atoms with Crippen LogP contribution in [0.25, 0.3) is 0 Å². The molecule has 0 radical (unpaired) electrons. The molecule has 15 heavy (non-hydrogen) atoms. The highest BCUT2D eigenvalue weighted by Gasteiger charge is 2.26. The third kappa shape index (κ3) is 2.32. The molecule has 1 nitrogen and oxygen atoms in total. The Morgan fingerprint density at radius 2 is 2.20 bits per heavy atom. The number of hydrogen-bond donors (Lipinski definition) is 0. The maximum absolute atomic E-state index is 12.1. The first kappa shape index (κ1) is 11.3. The van der Waals surface area contributed by atoms with E-state index in [4.69, 9.17) is 23.2 Å². The minimum atomic E-state index is 0.117. The average molecular weight is 261 g/mol. The second-order valence-electron chi connectivity index (χ2n) is 3.53. The molecule has 0 aromatic heterocycles. The Kier molecular flexibility index (Phi) is 3.60. The van der Waals surface area contributed by atoms with Crippen molar-refractivity contribution in [2.24, 2.45) is 5.92 Å². The summed E-state index contributed by atoms with van der Waals surface area (Å²) in [6.07, 6.45) is 0.951. The third-order valence-electron chi connectivity index (χ3n) is 2.52. The van der Waals surface area contributed by atoms with Crippen LogP contribution in [0, 0.1) is 5.92 Å². The van der Waals surface area contributed by atoms with Gasteiger partial charge in [0, 0.05) is 17.2 Å². The summed E-state index contributed by atoms with van der Waals surface area (Å²) in [5.74, 6) is 2.22. The lowest BCUT2D eigenvalue weighted by Crippen LogP contribution is -2.14. The highest BCUT2D eigenvalue weighted by atomic mass is 35.5. The van der Waals surface area contributed by atoms with Crippen LogP contribution in [0.4, 0.5) is 0 Å². The van der Waals surface area contributed by atoms with Crippen LogP contribution < -0.4 is 0 Å². The molecule has 0 spiro atoms. The average Bonchev–Trinajstić information content (AvgIpc) is 2.74. The molecule has 1 fully saturated rings. The third-order valence-corrected chi connectivity index (χ3v) is 4.50. The quantitative estimate of drug-likeness (QED) is 0.750. The molecule has 1 heterocycles. The highest BCUT2D eigenvalue weighted by molar-refractivity contribution is 7.99. The lowest BCUT2D eigenvalue weighted by molar-refractivity contribution is 0.0934. The molecule has 0 saturated carbocycles. The van der Waals surface area contributed by atoms with E-state index in [0.29, 0.717) is 15.6 Å². The molecule has 1 aromatic carbocycles. The second kappa shape index (κ2) is 4.77. The first-order valence-electron chi connectivity index (χ1n) is 4.76. The van der Waals surface area contributed by atoms with Crippen molar-refractivity contribution in [2.45, 2.75) is 6.42 Å². The van der Waals surface area contributed by atoms with Crippen LogP contribution >= 0.6 is 35.0 Å². The van der Waals surface area contributed by atoms with Crippen molar-refractivity contribution in [3.8, 4) is 0 Å². The maximum Gasteiger partial charge on any atom is 0.168 e. The van der Waals surface area contributed by atoms with E-state index < -0.39 is 0 Å². The molecule has 1 aromatic rings. The molecule has 0 aliphatic carbocycles. The molecule has 1 atom stereocenters. The van der Waals surface area contributed by atoms with Gasteiger partial charge in [0.1, 0.15) is 0 Å². The van der Waals surface area contributed by atoms with Gasteiger partial charge in [-0.3, -0.25) is 4.79 Å². The van der Waals surface area contributed by atoms with E-state index in [1.807, 2.05) is 11.8 Å². The normalized spacial score (nSPS) is 20.5. The first-order valence-corrected chi connectivity index (χ1v) is 6.67. The fraction of sp³-hybridized carbons (Fsp3) is 0.364. The predicted octanol–water partition coefficient (Wildman–Crippen LogP) is 3.93. The van der Waals surface area contributed by atoms with Crippen molar-refractivity contribution in [1.29, 1.82) is 0 Å². The molecule has 0 bridgehead atoms. The van der Waals surface area contributed by atoms with E-state index in [-0.39, 0.29) is 11.7 Å². The largest absolute Gasteiger partial charge is 0.294 e. The number of carbonyl (C=O) groups excluding carboxylic acids is 1. The summed E-state index contributed by atoms with van der Waals surface area (Å²) in [5, 5.41) is 0.842. The summed E-state index contributed by atoms with van der Waals surface area (Å²) >= 11 is 13.7. The van der Waals surface area contributed by atoms with Crippen molar-refractivity contribution in [1.82, 2.24) is 0 Å². The number of benzene rings is 1. The van der Waals surface area contributed by atoms with Gasteiger partial charge in [-0.2, -0.15) is 11.8 Å². The van der Waals surface area contributed by atoms with E-state index >= 15 is 0 Å². The molecule has 1 aliphatic heterocycles. The van der Waals surface area contributed by atoms with E-state index in [0.717, 1.165) is 17.9 Å². The SMILES string of the molecule is O=C(c1cccc(Cl)c1Cl)C1CCSC1. The van der Waals surface area contributed by atoms with Gasteiger partial charge < -0.3 is 0 Å². The van der Waals surface area contributed by atoms with Crippen molar-refractivity contribution < 1.29 is 4.79 Å². The minimum Gasteiger partial charge on any atom is -0.294 e. The maximum atomic E-state index is 12.1. The van der Waals surface area contributed by atoms with Gasteiger partial charge in [-0.1, -0.05) is 29.3 Å². The van der Waals surface area contributed by atoms with Gasteiger partial charge in [0.25, 0.3) is 0 Å². The Bertz CT molecular complexity index is 386. The lowest BCUT2D eigenvalue weighted by Gasteiger charge is -2.09. The number of rotatable bonds is 2. The molecular formula is C11H10Cl2OS. The fourth-order valence-electron chi connectivity index (χ4n) is 1.66. The summed E-state index contributed by atoms with van der Waals surface area (Å²) < 4.78 is 0. The molecule has 4 heteroatoms. The molecule has 80 valence electrons. The van der Waals surface area contributed by atoms with Crippen molar-refractivity contribution >= 4 is 40.7 Å². The molecule has 1 saturated heterocycles. The molecule has 1 aliphatic rings. The van der Waals surface area contributed by atoms with Crippen LogP contribution in [0.1, 0.15) is 16.8 Å². The Morgan fingerprint density at radius 3 is 2.87 bits per heavy atom. The number of thioether (sulfide) groups is 1. The van der Waals surface area contributed by atoms with Crippen LogP contribution in [-0.4, -0.2) is 17.3 Å². The monoisotopic (exact) mass is 260 g/mol. The first-order chi connectivity index (χ1) is 7.20. The topological polar surface area (TPSA) is 17.1 Å². The summed E-state index contributed by atoms with van der Waals surface area (Å²) in [6, 6.07) is 5.22. The Labute approximate surface area is 103 Å². The van der Waals surface area contributed by atoms with Crippen LogP contribution in [-0.2, 0) is 0 Å². The van der Waals surface area contributed by atoms with Gasteiger partial charge in [0.2, 0.25) is 0 Å². The van der Waals surface area contributed by atoms with Crippen molar-refractivity contribution in [3.05, 3.63) is 33.8 Å². The zero-order valence-electron chi connectivity index (χ0n) is 8.00. The Morgan fingerprint density at radius 1 is 1.40 bits per heavy atom. The van der Waals surface area contributed by atoms with Crippen LogP contribution in [0.15, 0.2) is 18.2 Å². The summed E-state index contributed by atoms with van der Waals surface area (Å²) in [7, 11) is 0. The van der Waals surface area contributed by atoms with Crippen LogP contribution in [0.3, 0.4) is 0 Å². The number of ketones is 1. The fourth-order valence-corrected chi connectivity index (χ4v) is 3.27. The number of hydrogen-bond acceptors (Lipinski definition) is 2. The highest BCUT2D eigenvalue weighted by Crippen LogP contribution is 2.31. The van der Waals surface area contributed by atoms with E-state index in [1.165, 1.54) is 0 Å². The molecule has 1 unspecified atom stereocenters. The zero-order valence-corrected chi connectivity index (χ0v) is 10.3. The van der Waals surface area contributed by atoms with E-state index in [1.54, 1.807) is 18.2 Å². The standard InChI is InChI=1S/C11H10Cl2OS/c12-9-3-1-2-8(10(9)13)11(14)7-4-5-15-6-7/h1-3,7H,4-6H2. The van der Waals surface area contributed by atoms with Crippen molar-refractivity contribution in [3.63, 3.8) is 0 Å². The van der Waals surface area contributed by atoms with Gasteiger partial charge in [-0.25, -0.2) is 0 Å².